The molecule has 0 bridgehead atoms. The molecule has 0 radical (unpaired) electrons. The van der Waals surface area contributed by atoms with E-state index in [9.17, 15) is 4.39 Å². The van der Waals surface area contributed by atoms with Crippen molar-refractivity contribution >= 4 is 5.69 Å². The Balaban J connectivity index is 2.10. The lowest BCUT2D eigenvalue weighted by Crippen LogP contribution is -2.22. The van der Waals surface area contributed by atoms with Gasteiger partial charge in [0.1, 0.15) is 5.82 Å². The van der Waals surface area contributed by atoms with Gasteiger partial charge < -0.3 is 5.32 Å². The van der Waals surface area contributed by atoms with Crippen LogP contribution in [-0.4, -0.2) is 6.04 Å². The fourth-order valence-corrected chi connectivity index (χ4v) is 2.35. The van der Waals surface area contributed by atoms with E-state index in [0.29, 0.717) is 6.04 Å². The van der Waals surface area contributed by atoms with Crippen LogP contribution in [0.4, 0.5) is 10.1 Å². The van der Waals surface area contributed by atoms with Gasteiger partial charge >= 0.3 is 0 Å². The van der Waals surface area contributed by atoms with Gasteiger partial charge in [-0.1, -0.05) is 13.3 Å². The molecule has 82 valence electrons. The molecule has 1 aromatic rings. The van der Waals surface area contributed by atoms with Crippen molar-refractivity contribution in [2.24, 2.45) is 5.92 Å². The molecule has 0 saturated heterocycles. The van der Waals surface area contributed by atoms with Crippen LogP contribution >= 0.6 is 0 Å². The second-order valence-corrected chi connectivity index (χ2v) is 4.62. The molecule has 0 amide bonds. The molecule has 1 fully saturated rings. The Kier molecular flexibility index (Phi) is 2.94. The molecule has 1 nitrogen and oxygen atoms in total. The first-order valence-electron chi connectivity index (χ1n) is 5.69. The quantitative estimate of drug-likeness (QED) is 0.779. The van der Waals surface area contributed by atoms with E-state index in [1.165, 1.54) is 25.3 Å². The first-order valence-corrected chi connectivity index (χ1v) is 5.69. The molecule has 1 saturated carbocycles. The average molecular weight is 207 g/mol. The van der Waals surface area contributed by atoms with Crippen molar-refractivity contribution in [2.45, 2.75) is 39.2 Å². The minimum atomic E-state index is -0.155. The first-order chi connectivity index (χ1) is 7.16. The van der Waals surface area contributed by atoms with Crippen molar-refractivity contribution in [3.63, 3.8) is 0 Å². The maximum Gasteiger partial charge on any atom is 0.123 e. The zero-order valence-corrected chi connectivity index (χ0v) is 9.39. The Bertz CT molecular complexity index is 348. The Morgan fingerprint density at radius 2 is 2.13 bits per heavy atom. The average Bonchev–Trinajstić information content (AvgIpc) is 2.57. The largest absolute Gasteiger partial charge is 0.382 e. The fraction of sp³-hybridized carbons (Fsp3) is 0.538. The normalized spacial score (nSPS) is 25.5. The highest BCUT2D eigenvalue weighted by Gasteiger charge is 2.23. The Hall–Kier alpha value is -1.05. The molecule has 0 spiro atoms. The predicted molar refractivity (Wildman–Crippen MR) is 61.6 cm³/mol. The highest BCUT2D eigenvalue weighted by atomic mass is 19.1. The van der Waals surface area contributed by atoms with E-state index in [0.717, 1.165) is 17.2 Å². The molecule has 1 aromatic carbocycles. The molecule has 2 unspecified atom stereocenters. The summed E-state index contributed by atoms with van der Waals surface area (Å²) in [6, 6.07) is 5.52. The minimum absolute atomic E-state index is 0.155. The van der Waals surface area contributed by atoms with Crippen LogP contribution in [0.25, 0.3) is 0 Å². The lowest BCUT2D eigenvalue weighted by atomic mass is 10.1. The number of hydrogen-bond donors (Lipinski definition) is 1. The maximum atomic E-state index is 12.9. The van der Waals surface area contributed by atoms with Crippen LogP contribution in [-0.2, 0) is 0 Å². The highest BCUT2D eigenvalue weighted by Crippen LogP contribution is 2.29. The van der Waals surface area contributed by atoms with Crippen molar-refractivity contribution in [2.75, 3.05) is 5.32 Å². The van der Waals surface area contributed by atoms with Crippen molar-refractivity contribution in [3.05, 3.63) is 29.6 Å². The summed E-state index contributed by atoms with van der Waals surface area (Å²) in [6.07, 6.45) is 3.84. The Labute approximate surface area is 90.7 Å². The van der Waals surface area contributed by atoms with Crippen molar-refractivity contribution in [3.8, 4) is 0 Å². The van der Waals surface area contributed by atoms with Gasteiger partial charge in [-0.3, -0.25) is 0 Å². The Morgan fingerprint density at radius 3 is 2.73 bits per heavy atom. The number of nitrogens with one attached hydrogen (secondary N) is 1. The van der Waals surface area contributed by atoms with Crippen molar-refractivity contribution < 1.29 is 4.39 Å². The molecular weight excluding hydrogens is 189 g/mol. The molecule has 1 N–H and O–H groups in total. The van der Waals surface area contributed by atoms with Crippen LogP contribution in [0.15, 0.2) is 18.2 Å². The summed E-state index contributed by atoms with van der Waals surface area (Å²) in [7, 11) is 0. The van der Waals surface area contributed by atoms with Crippen LogP contribution in [0.2, 0.25) is 0 Å². The number of rotatable bonds is 2. The van der Waals surface area contributed by atoms with Crippen LogP contribution in [0, 0.1) is 18.7 Å². The summed E-state index contributed by atoms with van der Waals surface area (Å²) in [4.78, 5) is 0. The van der Waals surface area contributed by atoms with E-state index >= 15 is 0 Å². The summed E-state index contributed by atoms with van der Waals surface area (Å²) in [5.41, 5.74) is 2.07. The molecule has 2 rings (SSSR count). The van der Waals surface area contributed by atoms with E-state index in [1.54, 1.807) is 6.07 Å². The molecule has 2 heteroatoms. The second kappa shape index (κ2) is 4.21. The van der Waals surface area contributed by atoms with Crippen LogP contribution in [0.3, 0.4) is 0 Å². The number of aryl methyl sites for hydroxylation is 1. The highest BCUT2D eigenvalue weighted by molar-refractivity contribution is 5.51. The van der Waals surface area contributed by atoms with Gasteiger partial charge in [0.15, 0.2) is 0 Å². The van der Waals surface area contributed by atoms with E-state index in [2.05, 4.69) is 12.2 Å². The lowest BCUT2D eigenvalue weighted by molar-refractivity contribution is 0.556. The van der Waals surface area contributed by atoms with Crippen LogP contribution < -0.4 is 5.32 Å². The fourth-order valence-electron chi connectivity index (χ4n) is 2.35. The summed E-state index contributed by atoms with van der Waals surface area (Å²) >= 11 is 0. The first kappa shape index (κ1) is 10.5. The topological polar surface area (TPSA) is 12.0 Å². The van der Waals surface area contributed by atoms with Gasteiger partial charge in [-0.25, -0.2) is 4.39 Å². The number of halogens is 1. The third kappa shape index (κ3) is 2.31. The second-order valence-electron chi connectivity index (χ2n) is 4.62. The zero-order chi connectivity index (χ0) is 10.8. The van der Waals surface area contributed by atoms with E-state index in [-0.39, 0.29) is 5.82 Å². The number of hydrogen-bond acceptors (Lipinski definition) is 1. The van der Waals surface area contributed by atoms with Gasteiger partial charge in [-0.2, -0.15) is 0 Å². The SMILES string of the molecule is Cc1cc(F)ccc1NC1CCCC1C. The summed E-state index contributed by atoms with van der Waals surface area (Å²) in [5.74, 6) is 0.576. The van der Waals surface area contributed by atoms with Crippen LogP contribution in [0.5, 0.6) is 0 Å². The molecule has 15 heavy (non-hydrogen) atoms. The molecule has 0 aliphatic heterocycles. The van der Waals surface area contributed by atoms with Crippen molar-refractivity contribution in [1.29, 1.82) is 0 Å². The Morgan fingerprint density at radius 1 is 1.33 bits per heavy atom. The van der Waals surface area contributed by atoms with Gasteiger partial charge in [0.2, 0.25) is 0 Å². The predicted octanol–water partition coefficient (Wildman–Crippen LogP) is 3.73. The number of benzene rings is 1. The molecule has 2 atom stereocenters. The third-order valence-electron chi connectivity index (χ3n) is 3.39. The third-order valence-corrected chi connectivity index (χ3v) is 3.39. The van der Waals surface area contributed by atoms with Gasteiger partial charge in [-0.15, -0.1) is 0 Å². The smallest absolute Gasteiger partial charge is 0.123 e. The standard InChI is InChI=1S/C13H18FN/c1-9-4-3-5-12(9)15-13-7-6-11(14)8-10(13)2/h6-9,12,15H,3-5H2,1-2H3. The van der Waals surface area contributed by atoms with E-state index in [4.69, 9.17) is 0 Å². The minimum Gasteiger partial charge on any atom is -0.382 e. The van der Waals surface area contributed by atoms with Gasteiger partial charge in [0.25, 0.3) is 0 Å². The zero-order valence-electron chi connectivity index (χ0n) is 9.39. The summed E-state index contributed by atoms with van der Waals surface area (Å²) in [5, 5.41) is 3.52. The van der Waals surface area contributed by atoms with E-state index < -0.39 is 0 Å². The van der Waals surface area contributed by atoms with Gasteiger partial charge in [-0.05, 0) is 49.4 Å². The van der Waals surface area contributed by atoms with Gasteiger partial charge in [0.05, 0.1) is 0 Å². The lowest BCUT2D eigenvalue weighted by Gasteiger charge is -2.20. The van der Waals surface area contributed by atoms with Crippen LogP contribution in [0.1, 0.15) is 31.7 Å². The molecule has 0 heterocycles. The number of anilines is 1. The van der Waals surface area contributed by atoms with E-state index in [1.807, 2.05) is 13.0 Å². The monoisotopic (exact) mass is 207 g/mol. The molecule has 0 aromatic heterocycles. The molecular formula is C13H18FN. The van der Waals surface area contributed by atoms with Gasteiger partial charge in [0, 0.05) is 11.7 Å². The van der Waals surface area contributed by atoms with Crippen molar-refractivity contribution in [1.82, 2.24) is 0 Å². The summed E-state index contributed by atoms with van der Waals surface area (Å²) < 4.78 is 12.9. The molecule has 1 aliphatic rings. The summed E-state index contributed by atoms with van der Waals surface area (Å²) in [6.45, 7) is 4.23. The molecule has 1 aliphatic carbocycles. The maximum absolute atomic E-state index is 12.9.